The van der Waals surface area contributed by atoms with E-state index in [-0.39, 0.29) is 6.04 Å². The number of hydrazine groups is 1. The smallest absolute Gasteiger partial charge is 0.0675 e. The van der Waals surface area contributed by atoms with E-state index < -0.39 is 0 Å². The van der Waals surface area contributed by atoms with Crippen LogP contribution < -0.4 is 11.3 Å². The number of halogens is 1. The Labute approximate surface area is 112 Å². The van der Waals surface area contributed by atoms with Crippen LogP contribution in [0.4, 0.5) is 0 Å². The van der Waals surface area contributed by atoms with Crippen LogP contribution in [0.15, 0.2) is 42.6 Å². The normalized spacial score (nSPS) is 12.4. The molecule has 0 spiro atoms. The third-order valence-electron chi connectivity index (χ3n) is 2.96. The van der Waals surface area contributed by atoms with E-state index in [0.29, 0.717) is 6.42 Å². The van der Waals surface area contributed by atoms with Crippen LogP contribution in [0.1, 0.15) is 22.9 Å². The number of nitrogens with zero attached hydrogens (tertiary/aromatic N) is 1. The molecule has 1 aromatic carbocycles. The second-order valence-corrected chi connectivity index (χ2v) is 4.63. The highest BCUT2D eigenvalue weighted by Gasteiger charge is 2.15. The topological polar surface area (TPSA) is 50.9 Å². The summed E-state index contributed by atoms with van der Waals surface area (Å²) in [4.78, 5) is 4.39. The zero-order chi connectivity index (χ0) is 13.0. The Balaban J connectivity index is 2.26. The number of pyridine rings is 1. The number of aromatic nitrogens is 1. The minimum Gasteiger partial charge on any atom is -0.271 e. The number of hydrogen-bond acceptors (Lipinski definition) is 3. The van der Waals surface area contributed by atoms with Crippen LogP contribution >= 0.6 is 11.6 Å². The summed E-state index contributed by atoms with van der Waals surface area (Å²) in [6.45, 7) is 2.03. The van der Waals surface area contributed by atoms with Gasteiger partial charge >= 0.3 is 0 Å². The lowest BCUT2D eigenvalue weighted by Crippen LogP contribution is -2.30. The first kappa shape index (κ1) is 13.0. The molecule has 2 aromatic rings. The molecule has 0 aliphatic heterocycles. The lowest BCUT2D eigenvalue weighted by molar-refractivity contribution is 0.535. The van der Waals surface area contributed by atoms with Gasteiger partial charge in [0.2, 0.25) is 0 Å². The molecule has 1 aromatic heterocycles. The lowest BCUT2D eigenvalue weighted by Gasteiger charge is -2.18. The fourth-order valence-corrected chi connectivity index (χ4v) is 2.19. The van der Waals surface area contributed by atoms with Gasteiger partial charge in [-0.2, -0.15) is 0 Å². The molecule has 0 aliphatic carbocycles. The van der Waals surface area contributed by atoms with Gasteiger partial charge in [-0.15, -0.1) is 0 Å². The van der Waals surface area contributed by atoms with E-state index in [1.165, 1.54) is 0 Å². The molecule has 2 rings (SSSR count). The molecular formula is C14H16ClN3. The van der Waals surface area contributed by atoms with E-state index in [1.54, 1.807) is 6.20 Å². The van der Waals surface area contributed by atoms with Crippen molar-refractivity contribution >= 4 is 11.6 Å². The number of nitrogens with two attached hydrogens (primary N) is 1. The molecular weight excluding hydrogens is 246 g/mol. The lowest BCUT2D eigenvalue weighted by atomic mass is 10.0. The molecule has 0 amide bonds. The zero-order valence-electron chi connectivity index (χ0n) is 10.2. The van der Waals surface area contributed by atoms with E-state index in [4.69, 9.17) is 17.4 Å². The van der Waals surface area contributed by atoms with Crippen molar-refractivity contribution < 1.29 is 0 Å². The van der Waals surface area contributed by atoms with Gasteiger partial charge in [0.1, 0.15) is 0 Å². The summed E-state index contributed by atoms with van der Waals surface area (Å²) in [5, 5.41) is 0.756. The largest absolute Gasteiger partial charge is 0.271 e. The van der Waals surface area contributed by atoms with Gasteiger partial charge in [0.15, 0.2) is 0 Å². The van der Waals surface area contributed by atoms with Gasteiger partial charge in [-0.25, -0.2) is 0 Å². The second kappa shape index (κ2) is 5.96. The Hall–Kier alpha value is -1.42. The number of benzene rings is 1. The Morgan fingerprint density at radius 3 is 2.72 bits per heavy atom. The van der Waals surface area contributed by atoms with Gasteiger partial charge < -0.3 is 0 Å². The van der Waals surface area contributed by atoms with E-state index in [0.717, 1.165) is 21.8 Å². The highest BCUT2D eigenvalue weighted by molar-refractivity contribution is 6.31. The SMILES string of the molecule is Cc1cccnc1C(Cc1ccccc1Cl)NN. The van der Waals surface area contributed by atoms with Crippen LogP contribution in [0, 0.1) is 6.92 Å². The van der Waals surface area contributed by atoms with E-state index in [9.17, 15) is 0 Å². The quantitative estimate of drug-likeness (QED) is 0.657. The molecule has 3 nitrogen and oxygen atoms in total. The van der Waals surface area contributed by atoms with Crippen LogP contribution in [-0.4, -0.2) is 4.98 Å². The van der Waals surface area contributed by atoms with Gasteiger partial charge in [0.25, 0.3) is 0 Å². The molecule has 0 saturated heterocycles. The van der Waals surface area contributed by atoms with Gasteiger partial charge in [-0.05, 0) is 36.6 Å². The van der Waals surface area contributed by atoms with E-state index >= 15 is 0 Å². The summed E-state index contributed by atoms with van der Waals surface area (Å²) in [7, 11) is 0. The van der Waals surface area contributed by atoms with Crippen LogP contribution in [0.5, 0.6) is 0 Å². The third-order valence-corrected chi connectivity index (χ3v) is 3.33. The van der Waals surface area contributed by atoms with Crippen molar-refractivity contribution in [2.45, 2.75) is 19.4 Å². The minimum absolute atomic E-state index is 0.0360. The van der Waals surface area contributed by atoms with Crippen LogP contribution in [0.2, 0.25) is 5.02 Å². The molecule has 0 saturated carbocycles. The first-order chi connectivity index (χ1) is 8.72. The molecule has 0 bridgehead atoms. The number of rotatable bonds is 4. The predicted octanol–water partition coefficient (Wildman–Crippen LogP) is 2.79. The molecule has 1 heterocycles. The van der Waals surface area contributed by atoms with Crippen LogP contribution in [-0.2, 0) is 6.42 Å². The molecule has 18 heavy (non-hydrogen) atoms. The maximum absolute atomic E-state index is 6.16. The predicted molar refractivity (Wildman–Crippen MR) is 74.2 cm³/mol. The van der Waals surface area contributed by atoms with Crippen molar-refractivity contribution in [1.29, 1.82) is 0 Å². The van der Waals surface area contributed by atoms with Crippen LogP contribution in [0.25, 0.3) is 0 Å². The fourth-order valence-electron chi connectivity index (χ4n) is 1.98. The van der Waals surface area contributed by atoms with Crippen molar-refractivity contribution in [2.24, 2.45) is 5.84 Å². The van der Waals surface area contributed by atoms with Gasteiger partial charge in [0.05, 0.1) is 11.7 Å². The number of aryl methyl sites for hydroxylation is 1. The third kappa shape index (κ3) is 2.88. The van der Waals surface area contributed by atoms with E-state index in [1.807, 2.05) is 43.3 Å². The summed E-state index contributed by atoms with van der Waals surface area (Å²) >= 11 is 6.16. The average Bonchev–Trinajstić information content (AvgIpc) is 2.39. The summed E-state index contributed by atoms with van der Waals surface area (Å²) < 4.78 is 0. The maximum atomic E-state index is 6.16. The molecule has 0 aliphatic rings. The summed E-state index contributed by atoms with van der Waals surface area (Å²) in [5.74, 6) is 5.64. The molecule has 0 radical (unpaired) electrons. The first-order valence-corrected chi connectivity index (χ1v) is 6.21. The van der Waals surface area contributed by atoms with Crippen molar-refractivity contribution in [2.75, 3.05) is 0 Å². The maximum Gasteiger partial charge on any atom is 0.0675 e. The van der Waals surface area contributed by atoms with Crippen molar-refractivity contribution in [3.05, 3.63) is 64.4 Å². The molecule has 1 unspecified atom stereocenters. The second-order valence-electron chi connectivity index (χ2n) is 4.22. The molecule has 94 valence electrons. The van der Waals surface area contributed by atoms with Crippen molar-refractivity contribution in [1.82, 2.24) is 10.4 Å². The summed E-state index contributed by atoms with van der Waals surface area (Å²) in [6.07, 6.45) is 2.49. The molecule has 4 heteroatoms. The Kier molecular flexibility index (Phi) is 4.31. The van der Waals surface area contributed by atoms with Gasteiger partial charge in [-0.3, -0.25) is 16.3 Å². The summed E-state index contributed by atoms with van der Waals surface area (Å²) in [5.41, 5.74) is 5.95. The minimum atomic E-state index is -0.0360. The van der Waals surface area contributed by atoms with Crippen molar-refractivity contribution in [3.8, 4) is 0 Å². The average molecular weight is 262 g/mol. The monoisotopic (exact) mass is 261 g/mol. The molecule has 3 N–H and O–H groups in total. The Bertz CT molecular complexity index is 528. The fraction of sp³-hybridized carbons (Fsp3) is 0.214. The van der Waals surface area contributed by atoms with Gasteiger partial charge in [-0.1, -0.05) is 35.9 Å². The van der Waals surface area contributed by atoms with Gasteiger partial charge in [0, 0.05) is 11.2 Å². The van der Waals surface area contributed by atoms with E-state index in [2.05, 4.69) is 10.4 Å². The molecule has 0 fully saturated rings. The Morgan fingerprint density at radius 1 is 1.28 bits per heavy atom. The van der Waals surface area contributed by atoms with Crippen molar-refractivity contribution in [3.63, 3.8) is 0 Å². The summed E-state index contributed by atoms with van der Waals surface area (Å²) in [6, 6.07) is 11.7. The highest BCUT2D eigenvalue weighted by Crippen LogP contribution is 2.23. The zero-order valence-corrected chi connectivity index (χ0v) is 11.0. The number of hydrogen-bond donors (Lipinski definition) is 2. The highest BCUT2D eigenvalue weighted by atomic mass is 35.5. The Morgan fingerprint density at radius 2 is 2.06 bits per heavy atom. The standard InChI is InChI=1S/C14H16ClN3/c1-10-5-4-8-17-14(10)13(18-16)9-11-6-2-3-7-12(11)15/h2-8,13,18H,9,16H2,1H3. The number of nitrogens with one attached hydrogen (secondary N) is 1. The first-order valence-electron chi connectivity index (χ1n) is 5.83. The molecule has 1 atom stereocenters. The van der Waals surface area contributed by atoms with Crippen LogP contribution in [0.3, 0.4) is 0 Å².